The molecule has 0 aliphatic carbocycles. The lowest BCUT2D eigenvalue weighted by atomic mass is 10.1. The Bertz CT molecular complexity index is 947. The summed E-state index contributed by atoms with van der Waals surface area (Å²) in [6, 6.07) is 16.3. The number of pyridine rings is 2. The van der Waals surface area contributed by atoms with Gasteiger partial charge in [0.1, 0.15) is 10.5 Å². The van der Waals surface area contributed by atoms with E-state index in [4.69, 9.17) is 0 Å². The fourth-order valence-electron chi connectivity index (χ4n) is 2.37. The molecule has 4 rings (SSSR count). The summed E-state index contributed by atoms with van der Waals surface area (Å²) in [5.41, 5.74) is 4.17. The van der Waals surface area contributed by atoms with Gasteiger partial charge in [0, 0.05) is 18.0 Å². The largest absolute Gasteiger partial charge is 0.262 e. The first-order valence-corrected chi connectivity index (χ1v) is 8.10. The summed E-state index contributed by atoms with van der Waals surface area (Å²) in [5.74, 6) is 0. The second kappa shape index (κ2) is 7.34. The number of benzene rings is 1. The summed E-state index contributed by atoms with van der Waals surface area (Å²) in [7, 11) is 0. The van der Waals surface area contributed by atoms with Crippen LogP contribution in [-0.2, 0) is 0 Å². The van der Waals surface area contributed by atoms with Crippen LogP contribution in [0.2, 0.25) is 0 Å². The molecule has 118 valence electrons. The molecule has 0 aliphatic heterocycles. The molecule has 4 aromatic rings. The van der Waals surface area contributed by atoms with Gasteiger partial charge >= 0.3 is 0 Å². The number of hydrogen-bond acceptors (Lipinski definition) is 4. The Morgan fingerprint density at radius 1 is 0.917 bits per heavy atom. The van der Waals surface area contributed by atoms with Crippen LogP contribution in [0.1, 0.15) is 10.6 Å². The van der Waals surface area contributed by atoms with Gasteiger partial charge in [0.15, 0.2) is 0 Å². The van der Waals surface area contributed by atoms with Gasteiger partial charge in [-0.15, -0.1) is 23.7 Å². The zero-order valence-corrected chi connectivity index (χ0v) is 14.3. The van der Waals surface area contributed by atoms with Crippen LogP contribution in [0.15, 0.2) is 67.1 Å². The Morgan fingerprint density at radius 2 is 1.88 bits per heavy atom. The first-order chi connectivity index (χ1) is 11.4. The highest BCUT2D eigenvalue weighted by atomic mass is 35.5. The Balaban J connectivity index is 0.00000169. The van der Waals surface area contributed by atoms with E-state index in [1.165, 1.54) is 0 Å². The number of thiazole rings is 1. The van der Waals surface area contributed by atoms with Gasteiger partial charge < -0.3 is 0 Å². The number of nitrogens with zero attached hydrogens (tertiary/aromatic N) is 3. The molecule has 3 heterocycles. The standard InChI is InChI=1S/C19H13N3S.ClH/c1-2-10-21-16(6-1)15-5-3-4-14(12-15)7-8-19-22-17-13-20-11-9-18(17)23-19;/h1-13H;1H/b8-7+;. The van der Waals surface area contributed by atoms with E-state index in [2.05, 4.69) is 39.2 Å². The molecule has 0 atom stereocenters. The zero-order chi connectivity index (χ0) is 15.5. The van der Waals surface area contributed by atoms with Crippen LogP contribution in [0.3, 0.4) is 0 Å². The van der Waals surface area contributed by atoms with Gasteiger partial charge in [-0.05, 0) is 35.9 Å². The topological polar surface area (TPSA) is 38.7 Å². The lowest BCUT2D eigenvalue weighted by Crippen LogP contribution is -1.82. The van der Waals surface area contributed by atoms with Gasteiger partial charge in [0.25, 0.3) is 0 Å². The van der Waals surface area contributed by atoms with E-state index in [1.807, 2.05) is 42.6 Å². The second-order valence-corrected chi connectivity index (χ2v) is 6.13. The molecular formula is C19H14ClN3S. The van der Waals surface area contributed by atoms with Gasteiger partial charge in [-0.2, -0.15) is 0 Å². The third kappa shape index (κ3) is 3.50. The molecule has 0 bridgehead atoms. The third-order valence-electron chi connectivity index (χ3n) is 3.47. The van der Waals surface area contributed by atoms with E-state index in [9.17, 15) is 0 Å². The van der Waals surface area contributed by atoms with Crippen molar-refractivity contribution in [3.8, 4) is 11.3 Å². The minimum atomic E-state index is 0. The fourth-order valence-corrected chi connectivity index (χ4v) is 3.21. The third-order valence-corrected chi connectivity index (χ3v) is 4.47. The Morgan fingerprint density at radius 3 is 2.71 bits per heavy atom. The Kier molecular flexibility index (Phi) is 4.99. The SMILES string of the molecule is C(=C\c1nc2cnccc2s1)/c1cccc(-c2ccccn2)c1.Cl. The summed E-state index contributed by atoms with van der Waals surface area (Å²) in [6.07, 6.45) is 9.53. The van der Waals surface area contributed by atoms with Gasteiger partial charge in [0.2, 0.25) is 0 Å². The van der Waals surface area contributed by atoms with Crippen LogP contribution in [-0.4, -0.2) is 15.0 Å². The maximum Gasteiger partial charge on any atom is 0.117 e. The lowest BCUT2D eigenvalue weighted by Gasteiger charge is -2.01. The maximum absolute atomic E-state index is 4.57. The molecular weight excluding hydrogens is 338 g/mol. The van der Waals surface area contributed by atoms with Crippen molar-refractivity contribution < 1.29 is 0 Å². The highest BCUT2D eigenvalue weighted by Gasteiger charge is 2.01. The summed E-state index contributed by atoms with van der Waals surface area (Å²) in [4.78, 5) is 13.1. The molecule has 3 nitrogen and oxygen atoms in total. The average molecular weight is 352 g/mol. The number of halogens is 1. The second-order valence-electron chi connectivity index (χ2n) is 5.07. The van der Waals surface area contributed by atoms with Crippen molar-refractivity contribution >= 4 is 46.1 Å². The van der Waals surface area contributed by atoms with Crippen molar-refractivity contribution in [2.45, 2.75) is 0 Å². The molecule has 0 saturated heterocycles. The minimum absolute atomic E-state index is 0. The first kappa shape index (κ1) is 16.3. The normalized spacial score (nSPS) is 10.8. The first-order valence-electron chi connectivity index (χ1n) is 7.29. The zero-order valence-electron chi connectivity index (χ0n) is 12.7. The Labute approximate surface area is 150 Å². The van der Waals surface area contributed by atoms with Gasteiger partial charge in [-0.25, -0.2) is 4.98 Å². The molecule has 0 unspecified atom stereocenters. The quantitative estimate of drug-likeness (QED) is 0.499. The van der Waals surface area contributed by atoms with Crippen LogP contribution in [0, 0.1) is 0 Å². The molecule has 24 heavy (non-hydrogen) atoms. The van der Waals surface area contributed by atoms with Crippen LogP contribution >= 0.6 is 23.7 Å². The molecule has 0 radical (unpaired) electrons. The molecule has 0 fully saturated rings. The van der Waals surface area contributed by atoms with Gasteiger partial charge in [-0.3, -0.25) is 9.97 Å². The van der Waals surface area contributed by atoms with E-state index in [-0.39, 0.29) is 12.4 Å². The van der Waals surface area contributed by atoms with E-state index < -0.39 is 0 Å². The molecule has 0 spiro atoms. The summed E-state index contributed by atoms with van der Waals surface area (Å²) in [6.45, 7) is 0. The predicted molar refractivity (Wildman–Crippen MR) is 103 cm³/mol. The van der Waals surface area contributed by atoms with E-state index in [1.54, 1.807) is 23.7 Å². The van der Waals surface area contributed by atoms with Gasteiger partial charge in [0.05, 0.1) is 16.6 Å². The summed E-state index contributed by atoms with van der Waals surface area (Å²) >= 11 is 1.67. The van der Waals surface area contributed by atoms with Crippen molar-refractivity contribution in [3.63, 3.8) is 0 Å². The van der Waals surface area contributed by atoms with Crippen LogP contribution < -0.4 is 0 Å². The maximum atomic E-state index is 4.57. The fraction of sp³-hybridized carbons (Fsp3) is 0. The van der Waals surface area contributed by atoms with Crippen molar-refractivity contribution in [1.29, 1.82) is 0 Å². The van der Waals surface area contributed by atoms with Crippen LogP contribution in [0.4, 0.5) is 0 Å². The number of aromatic nitrogens is 3. The molecule has 0 saturated carbocycles. The van der Waals surface area contributed by atoms with Crippen molar-refractivity contribution in [2.24, 2.45) is 0 Å². The smallest absolute Gasteiger partial charge is 0.117 e. The lowest BCUT2D eigenvalue weighted by molar-refractivity contribution is 1.33. The highest BCUT2D eigenvalue weighted by molar-refractivity contribution is 7.19. The molecule has 0 aliphatic rings. The molecule has 0 amide bonds. The highest BCUT2D eigenvalue weighted by Crippen LogP contribution is 2.23. The van der Waals surface area contributed by atoms with Crippen molar-refractivity contribution in [2.75, 3.05) is 0 Å². The minimum Gasteiger partial charge on any atom is -0.262 e. The van der Waals surface area contributed by atoms with Crippen molar-refractivity contribution in [1.82, 2.24) is 15.0 Å². The van der Waals surface area contributed by atoms with Crippen LogP contribution in [0.25, 0.3) is 33.6 Å². The number of fused-ring (bicyclic) bond motifs is 1. The number of hydrogen-bond donors (Lipinski definition) is 0. The Hall–Kier alpha value is -2.56. The summed E-state index contributed by atoms with van der Waals surface area (Å²) in [5, 5.41) is 0.983. The number of rotatable bonds is 3. The predicted octanol–water partition coefficient (Wildman–Crippen LogP) is 5.35. The van der Waals surface area contributed by atoms with Crippen LogP contribution in [0.5, 0.6) is 0 Å². The summed E-state index contributed by atoms with van der Waals surface area (Å²) < 4.78 is 1.15. The molecule has 5 heteroatoms. The average Bonchev–Trinajstić information content (AvgIpc) is 3.04. The molecule has 0 N–H and O–H groups in total. The van der Waals surface area contributed by atoms with E-state index >= 15 is 0 Å². The van der Waals surface area contributed by atoms with E-state index in [0.29, 0.717) is 0 Å². The molecule has 3 aromatic heterocycles. The molecule has 1 aromatic carbocycles. The van der Waals surface area contributed by atoms with Gasteiger partial charge in [-0.1, -0.05) is 30.3 Å². The van der Waals surface area contributed by atoms with Crippen molar-refractivity contribution in [3.05, 3.63) is 77.7 Å². The monoisotopic (exact) mass is 351 g/mol. The van der Waals surface area contributed by atoms with E-state index in [0.717, 1.165) is 32.0 Å².